The van der Waals surface area contributed by atoms with Gasteiger partial charge >= 0.3 is 0 Å². The van der Waals surface area contributed by atoms with Crippen LogP contribution in [0.2, 0.25) is 0 Å². The quantitative estimate of drug-likeness (QED) is 0.785. The third-order valence-corrected chi connectivity index (χ3v) is 3.97. The molecule has 1 aromatic heterocycles. The molecule has 0 radical (unpaired) electrons. The smallest absolute Gasteiger partial charge is 0.118 e. The Morgan fingerprint density at radius 3 is 2.80 bits per heavy atom. The predicted octanol–water partition coefficient (Wildman–Crippen LogP) is 3.70. The third-order valence-electron chi connectivity index (χ3n) is 1.93. The van der Waals surface area contributed by atoms with E-state index in [1.165, 1.54) is 10.5 Å². The largest absolute Gasteiger partial charge is 0.244 e. The first-order valence-corrected chi connectivity index (χ1v) is 6.07. The fourth-order valence-electron chi connectivity index (χ4n) is 1.15. The normalized spacial score (nSPS) is 10.3. The maximum Gasteiger partial charge on any atom is 0.118 e. The second-order valence-corrected chi connectivity index (χ2v) is 4.93. The lowest BCUT2D eigenvalue weighted by Gasteiger charge is -2.04. The van der Waals surface area contributed by atoms with E-state index in [2.05, 4.69) is 45.0 Å². The van der Waals surface area contributed by atoms with Gasteiger partial charge in [0, 0.05) is 11.1 Å². The zero-order valence-corrected chi connectivity index (χ0v) is 10.5. The van der Waals surface area contributed by atoms with Crippen molar-refractivity contribution in [2.24, 2.45) is 0 Å². The molecule has 0 N–H and O–H groups in total. The number of hydrogen-bond donors (Lipinski definition) is 0. The molecule has 0 atom stereocenters. The molecule has 2 nitrogen and oxygen atoms in total. The van der Waals surface area contributed by atoms with Crippen LogP contribution in [0.15, 0.2) is 51.2 Å². The minimum Gasteiger partial charge on any atom is -0.244 e. The van der Waals surface area contributed by atoms with E-state index < -0.39 is 0 Å². The maximum absolute atomic E-state index is 4.22. The fourth-order valence-corrected chi connectivity index (χ4v) is 2.45. The molecule has 0 fully saturated rings. The van der Waals surface area contributed by atoms with E-state index >= 15 is 0 Å². The molecule has 1 aromatic carbocycles. The summed E-state index contributed by atoms with van der Waals surface area (Å²) in [6, 6.07) is 8.25. The van der Waals surface area contributed by atoms with Crippen LogP contribution in [0.25, 0.3) is 0 Å². The predicted molar refractivity (Wildman–Crippen MR) is 65.0 cm³/mol. The maximum atomic E-state index is 4.22. The number of rotatable bonds is 2. The topological polar surface area (TPSA) is 25.8 Å². The molecule has 2 aromatic rings. The Morgan fingerprint density at radius 2 is 2.07 bits per heavy atom. The highest BCUT2D eigenvalue weighted by atomic mass is 79.9. The van der Waals surface area contributed by atoms with Crippen LogP contribution in [-0.4, -0.2) is 9.97 Å². The van der Waals surface area contributed by atoms with Crippen LogP contribution in [0.1, 0.15) is 5.56 Å². The minimum atomic E-state index is 0.929. The number of hydrogen-bond acceptors (Lipinski definition) is 3. The van der Waals surface area contributed by atoms with Gasteiger partial charge in [0.1, 0.15) is 11.4 Å². The molecule has 15 heavy (non-hydrogen) atoms. The van der Waals surface area contributed by atoms with Crippen LogP contribution in [0.5, 0.6) is 0 Å². The summed E-state index contributed by atoms with van der Waals surface area (Å²) in [5.74, 6) is 0. The van der Waals surface area contributed by atoms with E-state index in [0.29, 0.717) is 0 Å². The van der Waals surface area contributed by atoms with Gasteiger partial charge in [0.15, 0.2) is 0 Å². The molecule has 2 rings (SSSR count). The molecule has 0 spiro atoms. The third kappa shape index (κ3) is 2.58. The van der Waals surface area contributed by atoms with Crippen molar-refractivity contribution in [2.75, 3.05) is 0 Å². The van der Waals surface area contributed by atoms with Crippen LogP contribution < -0.4 is 0 Å². The summed E-state index contributed by atoms with van der Waals surface area (Å²) < 4.78 is 0.929. The SMILES string of the molecule is Cc1ccccc1Sc1ncncc1Br. The average molecular weight is 281 g/mol. The van der Waals surface area contributed by atoms with Crippen molar-refractivity contribution in [1.29, 1.82) is 0 Å². The minimum absolute atomic E-state index is 0.929. The van der Waals surface area contributed by atoms with Crippen LogP contribution in [0.3, 0.4) is 0 Å². The van der Waals surface area contributed by atoms with E-state index in [4.69, 9.17) is 0 Å². The molecule has 0 aliphatic carbocycles. The van der Waals surface area contributed by atoms with Gasteiger partial charge in [0.25, 0.3) is 0 Å². The number of aryl methyl sites for hydroxylation is 1. The first-order chi connectivity index (χ1) is 7.27. The van der Waals surface area contributed by atoms with Crippen LogP contribution in [0.4, 0.5) is 0 Å². The highest BCUT2D eigenvalue weighted by Gasteiger charge is 2.04. The van der Waals surface area contributed by atoms with Crippen molar-refractivity contribution in [3.8, 4) is 0 Å². The van der Waals surface area contributed by atoms with Crippen LogP contribution in [0, 0.1) is 6.92 Å². The summed E-state index contributed by atoms with van der Waals surface area (Å²) in [7, 11) is 0. The van der Waals surface area contributed by atoms with Gasteiger partial charge in [0.2, 0.25) is 0 Å². The zero-order chi connectivity index (χ0) is 10.7. The Kier molecular flexibility index (Phi) is 3.38. The molecule has 76 valence electrons. The van der Waals surface area contributed by atoms with Crippen LogP contribution >= 0.6 is 27.7 Å². The Hall–Kier alpha value is -0.870. The van der Waals surface area contributed by atoms with Gasteiger partial charge in [-0.15, -0.1) is 0 Å². The number of nitrogens with zero attached hydrogens (tertiary/aromatic N) is 2. The summed E-state index contributed by atoms with van der Waals surface area (Å²) in [5.41, 5.74) is 1.26. The number of halogens is 1. The molecule has 0 amide bonds. The zero-order valence-electron chi connectivity index (χ0n) is 8.14. The summed E-state index contributed by atoms with van der Waals surface area (Å²) in [6.07, 6.45) is 3.32. The van der Waals surface area contributed by atoms with Gasteiger partial charge in [-0.05, 0) is 34.5 Å². The molecule has 0 aliphatic rings. The van der Waals surface area contributed by atoms with Crippen molar-refractivity contribution in [1.82, 2.24) is 9.97 Å². The monoisotopic (exact) mass is 280 g/mol. The van der Waals surface area contributed by atoms with E-state index in [1.54, 1.807) is 24.3 Å². The molecule has 0 unspecified atom stereocenters. The summed E-state index contributed by atoms with van der Waals surface area (Å²) in [5, 5.41) is 0.944. The van der Waals surface area contributed by atoms with E-state index in [9.17, 15) is 0 Å². The summed E-state index contributed by atoms with van der Waals surface area (Å²) in [6.45, 7) is 2.09. The standard InChI is InChI=1S/C11H9BrN2S/c1-8-4-2-3-5-10(8)15-11-9(12)6-13-7-14-11/h2-7H,1H3. The second-order valence-electron chi connectivity index (χ2n) is 3.04. The van der Waals surface area contributed by atoms with Crippen molar-refractivity contribution >= 4 is 27.7 Å². The van der Waals surface area contributed by atoms with Crippen molar-refractivity contribution in [3.63, 3.8) is 0 Å². The second kappa shape index (κ2) is 4.77. The molecular formula is C11H9BrN2S. The summed E-state index contributed by atoms with van der Waals surface area (Å²) in [4.78, 5) is 9.38. The van der Waals surface area contributed by atoms with Gasteiger partial charge in [-0.2, -0.15) is 0 Å². The molecule has 4 heteroatoms. The molecular weight excluding hydrogens is 272 g/mol. The fraction of sp³-hybridized carbons (Fsp3) is 0.0909. The molecule has 0 saturated heterocycles. The molecule has 1 heterocycles. The summed E-state index contributed by atoms with van der Waals surface area (Å²) >= 11 is 5.08. The van der Waals surface area contributed by atoms with Crippen molar-refractivity contribution in [3.05, 3.63) is 46.8 Å². The highest BCUT2D eigenvalue weighted by molar-refractivity contribution is 9.10. The lowest BCUT2D eigenvalue weighted by atomic mass is 10.2. The lowest BCUT2D eigenvalue weighted by Crippen LogP contribution is -1.85. The van der Waals surface area contributed by atoms with Gasteiger partial charge in [-0.3, -0.25) is 0 Å². The Bertz CT molecular complexity index is 430. The Morgan fingerprint density at radius 1 is 1.27 bits per heavy atom. The van der Waals surface area contributed by atoms with Crippen molar-refractivity contribution < 1.29 is 0 Å². The highest BCUT2D eigenvalue weighted by Crippen LogP contribution is 2.32. The van der Waals surface area contributed by atoms with Crippen LogP contribution in [-0.2, 0) is 0 Å². The first kappa shape index (κ1) is 10.6. The lowest BCUT2D eigenvalue weighted by molar-refractivity contribution is 1.02. The number of benzene rings is 1. The van der Waals surface area contributed by atoms with Crippen molar-refractivity contribution in [2.45, 2.75) is 16.8 Å². The molecule has 0 aliphatic heterocycles. The Balaban J connectivity index is 2.30. The van der Waals surface area contributed by atoms with E-state index in [0.717, 1.165) is 9.50 Å². The Labute approximate surface area is 101 Å². The van der Waals surface area contributed by atoms with Gasteiger partial charge in [-0.25, -0.2) is 9.97 Å². The molecule has 0 bridgehead atoms. The number of aromatic nitrogens is 2. The average Bonchev–Trinajstić information content (AvgIpc) is 2.24. The van der Waals surface area contributed by atoms with Gasteiger partial charge in [0.05, 0.1) is 4.47 Å². The first-order valence-electron chi connectivity index (χ1n) is 4.46. The molecule has 0 saturated carbocycles. The van der Waals surface area contributed by atoms with Gasteiger partial charge < -0.3 is 0 Å². The van der Waals surface area contributed by atoms with E-state index in [-0.39, 0.29) is 0 Å². The van der Waals surface area contributed by atoms with Gasteiger partial charge in [-0.1, -0.05) is 30.0 Å². The van der Waals surface area contributed by atoms with E-state index in [1.807, 2.05) is 12.1 Å².